The fourth-order valence-corrected chi connectivity index (χ4v) is 4.74. The number of rotatable bonds is 10. The van der Waals surface area contributed by atoms with Crippen LogP contribution in [-0.2, 0) is 0 Å². The van der Waals surface area contributed by atoms with Gasteiger partial charge in [0.15, 0.2) is 17.1 Å². The number of fused-ring (bicyclic) bond motifs is 2. The van der Waals surface area contributed by atoms with Gasteiger partial charge in [-0.25, -0.2) is 4.39 Å². The molecule has 8 nitrogen and oxygen atoms in total. The zero-order chi connectivity index (χ0) is 25.6. The van der Waals surface area contributed by atoms with E-state index in [0.29, 0.717) is 47.0 Å². The summed E-state index contributed by atoms with van der Waals surface area (Å²) in [5.41, 5.74) is 3.21. The van der Waals surface area contributed by atoms with E-state index in [0.717, 1.165) is 55.6 Å². The van der Waals surface area contributed by atoms with Gasteiger partial charge < -0.3 is 24.1 Å². The number of aromatic nitrogens is 1. The summed E-state index contributed by atoms with van der Waals surface area (Å²) in [6.45, 7) is 5.42. The number of hydrogen-bond donors (Lipinski definition) is 1. The number of pyridine rings is 1. The molecule has 0 bridgehead atoms. The summed E-state index contributed by atoms with van der Waals surface area (Å²) >= 11 is 0. The number of halogens is 1. The molecule has 2 aromatic carbocycles. The van der Waals surface area contributed by atoms with Crippen molar-refractivity contribution in [3.05, 3.63) is 54.4 Å². The molecule has 0 atom stereocenters. The number of nitrogens with zero attached hydrogens (tertiary/aromatic N) is 4. The third-order valence-electron chi connectivity index (χ3n) is 6.75. The lowest BCUT2D eigenvalue weighted by Crippen LogP contribution is -2.47. The van der Waals surface area contributed by atoms with Crippen LogP contribution in [0.25, 0.3) is 21.9 Å². The van der Waals surface area contributed by atoms with Gasteiger partial charge in [-0.05, 0) is 24.6 Å². The summed E-state index contributed by atoms with van der Waals surface area (Å²) in [6, 6.07) is 13.7. The molecule has 9 heteroatoms. The van der Waals surface area contributed by atoms with Crippen LogP contribution >= 0.6 is 0 Å². The van der Waals surface area contributed by atoms with Crippen LogP contribution in [0.4, 0.5) is 15.8 Å². The van der Waals surface area contributed by atoms with Crippen LogP contribution in [0.3, 0.4) is 0 Å². The maximum atomic E-state index is 12.5. The van der Waals surface area contributed by atoms with Crippen molar-refractivity contribution < 1.29 is 18.3 Å². The van der Waals surface area contributed by atoms with Crippen molar-refractivity contribution in [2.45, 2.75) is 6.42 Å². The Morgan fingerprint density at radius 1 is 1.11 bits per heavy atom. The molecule has 3 heterocycles. The smallest absolute Gasteiger partial charge is 0.163 e. The number of nitrogens with one attached hydrogen (secondary N) is 1. The van der Waals surface area contributed by atoms with E-state index in [1.807, 2.05) is 36.4 Å². The number of piperazine rings is 1. The van der Waals surface area contributed by atoms with Gasteiger partial charge >= 0.3 is 0 Å². The molecule has 0 aliphatic carbocycles. The molecule has 0 amide bonds. The molecule has 4 aromatic rings. The summed E-state index contributed by atoms with van der Waals surface area (Å²) in [5.74, 6) is 1.18. The highest BCUT2D eigenvalue weighted by Crippen LogP contribution is 2.38. The fraction of sp³-hybridized carbons (Fsp3) is 0.357. The number of methoxy groups -OCH3 is 1. The molecule has 1 fully saturated rings. The van der Waals surface area contributed by atoms with Gasteiger partial charge in [-0.2, -0.15) is 5.26 Å². The van der Waals surface area contributed by atoms with Gasteiger partial charge in [-0.3, -0.25) is 9.88 Å². The van der Waals surface area contributed by atoms with E-state index in [-0.39, 0.29) is 6.67 Å². The summed E-state index contributed by atoms with van der Waals surface area (Å²) in [5, 5.41) is 14.9. The van der Waals surface area contributed by atoms with Crippen LogP contribution in [0.5, 0.6) is 11.5 Å². The van der Waals surface area contributed by atoms with Gasteiger partial charge in [0.2, 0.25) is 0 Å². The Morgan fingerprint density at radius 3 is 2.68 bits per heavy atom. The first-order valence-corrected chi connectivity index (χ1v) is 12.5. The minimum absolute atomic E-state index is 0.286. The Labute approximate surface area is 215 Å². The molecule has 0 radical (unpaired) electrons. The number of alkyl halides is 1. The third-order valence-corrected chi connectivity index (χ3v) is 6.75. The average molecular weight is 504 g/mol. The van der Waals surface area contributed by atoms with Crippen molar-refractivity contribution >= 4 is 33.2 Å². The van der Waals surface area contributed by atoms with Gasteiger partial charge in [0, 0.05) is 62.3 Å². The molecule has 0 spiro atoms. The number of para-hydroxylation sites is 1. The highest BCUT2D eigenvalue weighted by atomic mass is 19.1. The van der Waals surface area contributed by atoms with Crippen molar-refractivity contribution in [3.8, 4) is 17.6 Å². The first-order chi connectivity index (χ1) is 18.2. The van der Waals surface area contributed by atoms with Crippen LogP contribution in [0.2, 0.25) is 0 Å². The van der Waals surface area contributed by atoms with Crippen LogP contribution in [0.15, 0.2) is 53.3 Å². The van der Waals surface area contributed by atoms with Crippen LogP contribution in [0.1, 0.15) is 12.0 Å². The monoisotopic (exact) mass is 503 g/mol. The van der Waals surface area contributed by atoms with Gasteiger partial charge in [0.25, 0.3) is 0 Å². The number of anilines is 2. The standard InChI is InChI=1S/C28H30FN5O3/c1-35-25-16-22-24(17-26(25)36-14-3-8-33-10-12-34(9-7-29)13-11-33)31-19-21(18-30)27(22)32-23-5-2-4-20-6-15-37-28(20)23/h2,4-6,15-17,19H,3,7-14H2,1H3,(H,31,32). The second-order valence-electron chi connectivity index (χ2n) is 9.02. The topological polar surface area (TPSA) is 86.8 Å². The van der Waals surface area contributed by atoms with Gasteiger partial charge in [-0.1, -0.05) is 12.1 Å². The fourth-order valence-electron chi connectivity index (χ4n) is 4.74. The lowest BCUT2D eigenvalue weighted by atomic mass is 10.1. The van der Waals surface area contributed by atoms with Crippen molar-refractivity contribution in [1.29, 1.82) is 5.26 Å². The molecule has 1 N–H and O–H groups in total. The summed E-state index contributed by atoms with van der Waals surface area (Å²) < 4.78 is 29.9. The second-order valence-corrected chi connectivity index (χ2v) is 9.02. The first-order valence-electron chi connectivity index (χ1n) is 12.5. The maximum absolute atomic E-state index is 12.5. The summed E-state index contributed by atoms with van der Waals surface area (Å²) in [6.07, 6.45) is 4.07. The maximum Gasteiger partial charge on any atom is 0.163 e. The zero-order valence-corrected chi connectivity index (χ0v) is 20.9. The predicted octanol–water partition coefficient (Wildman–Crippen LogP) is 4.96. The minimum atomic E-state index is -0.286. The predicted molar refractivity (Wildman–Crippen MR) is 141 cm³/mol. The number of hydrogen-bond acceptors (Lipinski definition) is 8. The Bertz CT molecular complexity index is 1410. The van der Waals surface area contributed by atoms with E-state index in [2.05, 4.69) is 26.2 Å². The van der Waals surface area contributed by atoms with E-state index in [9.17, 15) is 9.65 Å². The number of benzene rings is 2. The number of furan rings is 1. The van der Waals surface area contributed by atoms with Gasteiger partial charge in [0.05, 0.1) is 42.4 Å². The quantitative estimate of drug-likeness (QED) is 0.304. The molecule has 192 valence electrons. The number of nitriles is 1. The Hall–Kier alpha value is -3.87. The van der Waals surface area contributed by atoms with Gasteiger partial charge in [-0.15, -0.1) is 0 Å². The van der Waals surface area contributed by atoms with Crippen molar-refractivity contribution in [2.75, 3.05) is 65.0 Å². The molecule has 0 unspecified atom stereocenters. The lowest BCUT2D eigenvalue weighted by molar-refractivity contribution is 0.120. The molecule has 5 rings (SSSR count). The molecule has 2 aromatic heterocycles. The van der Waals surface area contributed by atoms with Crippen molar-refractivity contribution in [1.82, 2.24) is 14.8 Å². The van der Waals surface area contributed by atoms with E-state index in [1.165, 1.54) is 0 Å². The van der Waals surface area contributed by atoms with E-state index < -0.39 is 0 Å². The molecule has 1 aliphatic heterocycles. The Balaban J connectivity index is 1.31. The molecule has 1 aliphatic rings. The highest BCUT2D eigenvalue weighted by Gasteiger charge is 2.18. The highest BCUT2D eigenvalue weighted by molar-refractivity contribution is 6.00. The molecule has 1 saturated heterocycles. The normalized spacial score (nSPS) is 14.6. The van der Waals surface area contributed by atoms with Crippen LogP contribution in [-0.4, -0.2) is 74.4 Å². The minimum Gasteiger partial charge on any atom is -0.493 e. The molecule has 37 heavy (non-hydrogen) atoms. The summed E-state index contributed by atoms with van der Waals surface area (Å²) in [7, 11) is 1.60. The van der Waals surface area contributed by atoms with Crippen LogP contribution < -0.4 is 14.8 Å². The summed E-state index contributed by atoms with van der Waals surface area (Å²) in [4.78, 5) is 9.06. The van der Waals surface area contributed by atoms with Crippen molar-refractivity contribution in [3.63, 3.8) is 0 Å². The van der Waals surface area contributed by atoms with Gasteiger partial charge in [0.1, 0.15) is 12.7 Å². The largest absolute Gasteiger partial charge is 0.493 e. The zero-order valence-electron chi connectivity index (χ0n) is 20.9. The Morgan fingerprint density at radius 2 is 1.92 bits per heavy atom. The molecular formula is C28H30FN5O3. The van der Waals surface area contributed by atoms with E-state index >= 15 is 0 Å². The first kappa shape index (κ1) is 24.8. The third kappa shape index (κ3) is 5.45. The lowest BCUT2D eigenvalue weighted by Gasteiger charge is -2.34. The molecular weight excluding hydrogens is 473 g/mol. The van der Waals surface area contributed by atoms with Crippen LogP contribution in [0, 0.1) is 11.3 Å². The Kier molecular flexibility index (Phi) is 7.68. The average Bonchev–Trinajstić information content (AvgIpc) is 3.42. The van der Waals surface area contributed by atoms with E-state index in [4.69, 9.17) is 13.9 Å². The van der Waals surface area contributed by atoms with Crippen molar-refractivity contribution in [2.24, 2.45) is 0 Å². The molecule has 0 saturated carbocycles. The number of ether oxygens (including phenoxy) is 2. The SMILES string of the molecule is COc1cc2c(Nc3cccc4ccoc34)c(C#N)cnc2cc1OCCCN1CCN(CCF)CC1. The second kappa shape index (κ2) is 11.5. The van der Waals surface area contributed by atoms with E-state index in [1.54, 1.807) is 19.6 Å².